The molecule has 0 aromatic heterocycles. The van der Waals surface area contributed by atoms with Crippen molar-refractivity contribution in [2.45, 2.75) is 104 Å². The zero-order chi connectivity index (χ0) is 24.7. The first-order valence-corrected chi connectivity index (χ1v) is 12.7. The van der Waals surface area contributed by atoms with E-state index in [4.69, 9.17) is 20.9 Å². The molecule has 188 valence electrons. The predicted octanol–water partition coefficient (Wildman–Crippen LogP) is 7.13. The number of carbonyl (C=O) groups is 1. The number of terminal acetylenes is 1. The summed E-state index contributed by atoms with van der Waals surface area (Å²) in [7, 11) is 3.28. The second-order valence-corrected chi connectivity index (χ2v) is 9.33. The van der Waals surface area contributed by atoms with Crippen LogP contribution in [0.15, 0.2) is 23.5 Å². The van der Waals surface area contributed by atoms with Gasteiger partial charge in [0.15, 0.2) is 11.9 Å². The summed E-state index contributed by atoms with van der Waals surface area (Å²) in [5, 5.41) is 0. The molecule has 5 heteroatoms. The van der Waals surface area contributed by atoms with Crippen molar-refractivity contribution in [3.63, 3.8) is 0 Å². The molecule has 1 saturated carbocycles. The van der Waals surface area contributed by atoms with Crippen LogP contribution in [-0.4, -0.2) is 26.3 Å². The molecular formula is C28H46O5. The Hall–Kier alpha value is -1.93. The topological polar surface area (TPSA) is 54.0 Å². The first kappa shape index (κ1) is 29.1. The van der Waals surface area contributed by atoms with Crippen molar-refractivity contribution >= 4 is 5.97 Å². The zero-order valence-electron chi connectivity index (χ0n) is 21.8. The lowest BCUT2D eigenvalue weighted by Gasteiger charge is -2.44. The molecule has 0 aromatic rings. The molecule has 3 atom stereocenters. The molecule has 2 aliphatic carbocycles. The van der Waals surface area contributed by atoms with E-state index in [9.17, 15) is 4.79 Å². The minimum atomic E-state index is -0.159. The van der Waals surface area contributed by atoms with E-state index >= 15 is 0 Å². The molecule has 0 saturated heterocycles. The predicted molar refractivity (Wildman–Crippen MR) is 133 cm³/mol. The van der Waals surface area contributed by atoms with Gasteiger partial charge in [-0.05, 0) is 67.8 Å². The normalized spacial score (nSPS) is 22.1. The molecule has 2 aliphatic rings. The van der Waals surface area contributed by atoms with E-state index in [1.807, 2.05) is 21.0 Å². The monoisotopic (exact) mass is 462 g/mol. The summed E-state index contributed by atoms with van der Waals surface area (Å²) < 4.78 is 10.5. The number of allylic oxidation sites excluding steroid dienone is 4. The Morgan fingerprint density at radius 1 is 1.24 bits per heavy atom. The summed E-state index contributed by atoms with van der Waals surface area (Å²) in [6.07, 6.45) is 23.0. The molecule has 5 nitrogen and oxygen atoms in total. The van der Waals surface area contributed by atoms with Gasteiger partial charge in [0, 0.05) is 20.0 Å². The van der Waals surface area contributed by atoms with Crippen molar-refractivity contribution in [1.82, 2.24) is 0 Å². The second-order valence-electron chi connectivity index (χ2n) is 9.33. The van der Waals surface area contributed by atoms with Crippen molar-refractivity contribution in [1.29, 1.82) is 0 Å². The fourth-order valence-electron chi connectivity index (χ4n) is 5.13. The first-order valence-electron chi connectivity index (χ1n) is 12.7. The van der Waals surface area contributed by atoms with Gasteiger partial charge in [0.2, 0.25) is 0 Å². The smallest absolute Gasteiger partial charge is 0.305 e. The van der Waals surface area contributed by atoms with E-state index in [-0.39, 0.29) is 5.97 Å². The van der Waals surface area contributed by atoms with Gasteiger partial charge in [-0.3, -0.25) is 9.68 Å². The molecule has 0 spiro atoms. The minimum Gasteiger partial charge on any atom is -0.469 e. The van der Waals surface area contributed by atoms with Crippen molar-refractivity contribution < 1.29 is 24.0 Å². The lowest BCUT2D eigenvalue weighted by Crippen LogP contribution is -2.39. The second kappa shape index (κ2) is 15.8. The number of hydrogen-bond acceptors (Lipinski definition) is 5. The largest absolute Gasteiger partial charge is 0.469 e. The summed E-state index contributed by atoms with van der Waals surface area (Å²) in [6, 6.07) is 0. The number of hydrogen-bond donors (Lipinski definition) is 0. The molecule has 0 aliphatic heterocycles. The van der Waals surface area contributed by atoms with Gasteiger partial charge < -0.3 is 9.47 Å². The number of rotatable bonds is 14. The molecule has 0 heterocycles. The van der Waals surface area contributed by atoms with Crippen molar-refractivity contribution in [3.8, 4) is 12.5 Å². The van der Waals surface area contributed by atoms with Gasteiger partial charge in [0.25, 0.3) is 0 Å². The molecule has 0 bridgehead atoms. The molecule has 33 heavy (non-hydrogen) atoms. The standard InChI is InChI=1S/C26H40O5.C2H6/c1-6-30-31-23-19-20(2)21(14-11-15-24(28-4)26(3)17-12-18-26)22(23)13-9-7-8-10-16-25(27)29-5;1-2/h1,7,9,20-21,24H,8,10-19H2,2-5H3;1-2H3/b9-7-;/t20-,21+,24?;/m1./s1. The van der Waals surface area contributed by atoms with Crippen LogP contribution >= 0.6 is 0 Å². The maximum atomic E-state index is 11.2. The van der Waals surface area contributed by atoms with Crippen LogP contribution in [0.1, 0.15) is 98.3 Å². The molecule has 1 unspecified atom stereocenters. The maximum absolute atomic E-state index is 11.2. The van der Waals surface area contributed by atoms with E-state index in [0.717, 1.165) is 50.7 Å². The van der Waals surface area contributed by atoms with Crippen molar-refractivity contribution in [3.05, 3.63) is 23.5 Å². The van der Waals surface area contributed by atoms with Gasteiger partial charge in [-0.25, -0.2) is 4.89 Å². The molecule has 0 radical (unpaired) electrons. The molecule has 1 fully saturated rings. The zero-order valence-corrected chi connectivity index (χ0v) is 21.8. The highest BCUT2D eigenvalue weighted by molar-refractivity contribution is 5.69. The first-order chi connectivity index (χ1) is 15.9. The molecule has 2 rings (SSSR count). The quantitative estimate of drug-likeness (QED) is 0.0686. The summed E-state index contributed by atoms with van der Waals surface area (Å²) in [4.78, 5) is 21.5. The van der Waals surface area contributed by atoms with Crippen LogP contribution < -0.4 is 0 Å². The fourth-order valence-corrected chi connectivity index (χ4v) is 5.13. The number of esters is 1. The van der Waals surface area contributed by atoms with Gasteiger partial charge in [0.05, 0.1) is 13.2 Å². The molecule has 0 N–H and O–H groups in total. The SMILES string of the molecule is C#COOC1=C(C/C=C\CCCC(=O)OC)[C@@H](CCCC(OC)C2(C)CCC2)[C@H](C)C1.CC. The third-order valence-corrected chi connectivity index (χ3v) is 7.21. The van der Waals surface area contributed by atoms with Crippen LogP contribution in [0, 0.1) is 29.8 Å². The maximum Gasteiger partial charge on any atom is 0.305 e. The third kappa shape index (κ3) is 9.08. The minimum absolute atomic E-state index is 0.159. The molecule has 0 amide bonds. The van der Waals surface area contributed by atoms with Crippen LogP contribution in [0.4, 0.5) is 0 Å². The Morgan fingerprint density at radius 2 is 1.97 bits per heavy atom. The van der Waals surface area contributed by atoms with E-state index in [1.165, 1.54) is 31.9 Å². The summed E-state index contributed by atoms with van der Waals surface area (Å²) in [6.45, 7) is 8.64. The Kier molecular flexibility index (Phi) is 14.0. The number of carbonyl (C=O) groups excluding carboxylic acids is 1. The average Bonchev–Trinajstić information content (AvgIpc) is 3.11. The van der Waals surface area contributed by atoms with Gasteiger partial charge in [-0.1, -0.05) is 59.1 Å². The highest BCUT2D eigenvalue weighted by Gasteiger charge is 2.40. The van der Waals surface area contributed by atoms with Gasteiger partial charge in [-0.15, -0.1) is 0 Å². The van der Waals surface area contributed by atoms with E-state index in [0.29, 0.717) is 29.8 Å². The highest BCUT2D eigenvalue weighted by Crippen LogP contribution is 2.47. The summed E-state index contributed by atoms with van der Waals surface area (Å²) in [5.74, 6) is 1.68. The van der Waals surface area contributed by atoms with Crippen LogP contribution in [0.2, 0.25) is 0 Å². The number of methoxy groups -OCH3 is 2. The Morgan fingerprint density at radius 3 is 2.55 bits per heavy atom. The van der Waals surface area contributed by atoms with Crippen LogP contribution in [-0.2, 0) is 24.0 Å². The fraction of sp³-hybridized carbons (Fsp3) is 0.750. The molecular weight excluding hydrogens is 416 g/mol. The molecule has 0 aromatic carbocycles. The van der Waals surface area contributed by atoms with E-state index in [2.05, 4.69) is 36.8 Å². The van der Waals surface area contributed by atoms with Crippen molar-refractivity contribution in [2.24, 2.45) is 17.3 Å². The average molecular weight is 463 g/mol. The van der Waals surface area contributed by atoms with Crippen LogP contribution in [0.3, 0.4) is 0 Å². The Balaban J connectivity index is 0.00000265. The van der Waals surface area contributed by atoms with Gasteiger partial charge in [-0.2, -0.15) is 0 Å². The van der Waals surface area contributed by atoms with Gasteiger partial charge in [0.1, 0.15) is 0 Å². The van der Waals surface area contributed by atoms with Crippen LogP contribution in [0.5, 0.6) is 0 Å². The van der Waals surface area contributed by atoms with Crippen LogP contribution in [0.25, 0.3) is 0 Å². The number of ether oxygens (including phenoxy) is 2. The highest BCUT2D eigenvalue weighted by atomic mass is 17.2. The summed E-state index contributed by atoms with van der Waals surface area (Å²) >= 11 is 0. The number of unbranched alkanes of at least 4 members (excludes halogenated alkanes) is 1. The van der Waals surface area contributed by atoms with E-state index in [1.54, 1.807) is 0 Å². The summed E-state index contributed by atoms with van der Waals surface area (Å²) in [5.41, 5.74) is 1.65. The lowest BCUT2D eigenvalue weighted by atomic mass is 9.65. The third-order valence-electron chi connectivity index (χ3n) is 7.21. The Labute approximate surface area is 202 Å². The lowest BCUT2D eigenvalue weighted by molar-refractivity contribution is -0.200. The van der Waals surface area contributed by atoms with E-state index < -0.39 is 0 Å². The van der Waals surface area contributed by atoms with Crippen molar-refractivity contribution in [2.75, 3.05) is 14.2 Å². The Bertz CT molecular complexity index is 668. The van der Waals surface area contributed by atoms with Gasteiger partial charge >= 0.3 is 5.97 Å².